The van der Waals surface area contributed by atoms with E-state index in [1.54, 1.807) is 13.2 Å². The molecule has 0 saturated heterocycles. The van der Waals surface area contributed by atoms with E-state index in [4.69, 9.17) is 19.0 Å². The van der Waals surface area contributed by atoms with Gasteiger partial charge in [0.2, 0.25) is 6.10 Å². The second-order valence-corrected chi connectivity index (χ2v) is 6.72. The molecule has 2 unspecified atom stereocenters. The van der Waals surface area contributed by atoms with Gasteiger partial charge >= 0.3 is 0 Å². The van der Waals surface area contributed by atoms with Gasteiger partial charge in [-0.15, -0.1) is 0 Å². The fourth-order valence-corrected chi connectivity index (χ4v) is 3.16. The molecule has 2 aromatic carbocycles. The molecule has 0 fully saturated rings. The zero-order valence-electron chi connectivity index (χ0n) is 15.6. The topological polar surface area (TPSA) is 78.4 Å². The minimum atomic E-state index is -0.670. The average molecular weight is 382 g/mol. The third-order valence-electron chi connectivity index (χ3n) is 4.67. The lowest BCUT2D eigenvalue weighted by molar-refractivity contribution is -0.130. The number of hydrogen-bond donors (Lipinski definition) is 1. The van der Waals surface area contributed by atoms with Gasteiger partial charge in [0.05, 0.1) is 19.4 Å². The zero-order valence-corrected chi connectivity index (χ0v) is 15.6. The second-order valence-electron chi connectivity index (χ2n) is 6.72. The minimum Gasteiger partial charge on any atom is -0.497 e. The normalized spacial score (nSPS) is 20.1. The first kappa shape index (κ1) is 18.2. The molecule has 1 amide bonds. The number of hydrogen-bond acceptors (Lipinski definition) is 6. The van der Waals surface area contributed by atoms with E-state index < -0.39 is 6.10 Å². The lowest BCUT2D eigenvalue weighted by Crippen LogP contribution is -2.46. The van der Waals surface area contributed by atoms with Crippen molar-refractivity contribution in [3.05, 3.63) is 54.1 Å². The maximum absolute atomic E-state index is 12.4. The molecule has 2 aliphatic heterocycles. The van der Waals surface area contributed by atoms with E-state index in [1.165, 1.54) is 0 Å². The van der Waals surface area contributed by atoms with Crippen molar-refractivity contribution < 1.29 is 23.8 Å². The first-order valence-electron chi connectivity index (χ1n) is 9.22. The molecule has 2 aromatic rings. The molecule has 0 aliphatic carbocycles. The van der Waals surface area contributed by atoms with Gasteiger partial charge in [-0.05, 0) is 29.8 Å². The maximum Gasteiger partial charge on any atom is 0.264 e. The summed E-state index contributed by atoms with van der Waals surface area (Å²) in [6, 6.07) is 15.2. The van der Waals surface area contributed by atoms with Crippen LogP contribution >= 0.6 is 0 Å². The van der Waals surface area contributed by atoms with Crippen molar-refractivity contribution >= 4 is 11.6 Å². The van der Waals surface area contributed by atoms with E-state index in [2.05, 4.69) is 10.5 Å². The summed E-state index contributed by atoms with van der Waals surface area (Å²) < 4.78 is 16.5. The van der Waals surface area contributed by atoms with Crippen molar-refractivity contribution in [2.45, 2.75) is 25.0 Å². The van der Waals surface area contributed by atoms with Gasteiger partial charge in [-0.1, -0.05) is 29.4 Å². The number of methoxy groups -OCH3 is 1. The number of fused-ring (bicyclic) bond motifs is 1. The first-order chi connectivity index (χ1) is 13.7. The maximum atomic E-state index is 12.4. The van der Waals surface area contributed by atoms with Crippen LogP contribution in [0.1, 0.15) is 12.0 Å². The largest absolute Gasteiger partial charge is 0.497 e. The van der Waals surface area contributed by atoms with Crippen molar-refractivity contribution in [3.63, 3.8) is 0 Å². The highest BCUT2D eigenvalue weighted by Gasteiger charge is 2.29. The number of amides is 1. The van der Waals surface area contributed by atoms with Gasteiger partial charge in [-0.25, -0.2) is 0 Å². The first-order valence-corrected chi connectivity index (χ1v) is 9.22. The van der Waals surface area contributed by atoms with Gasteiger partial charge in [-0.3, -0.25) is 4.79 Å². The SMILES string of the molecule is COc1ccc(CC2=NOC(CNC(=O)C3COc4ccccc4O3)C2)cc1. The van der Waals surface area contributed by atoms with Gasteiger partial charge in [0.15, 0.2) is 11.5 Å². The molecule has 0 aromatic heterocycles. The highest BCUT2D eigenvalue weighted by atomic mass is 16.6. The van der Waals surface area contributed by atoms with Crippen LogP contribution in [0.4, 0.5) is 0 Å². The van der Waals surface area contributed by atoms with Gasteiger partial charge in [-0.2, -0.15) is 0 Å². The molecular formula is C21H22N2O5. The van der Waals surface area contributed by atoms with Crippen LogP contribution in [0.25, 0.3) is 0 Å². The molecule has 1 N–H and O–H groups in total. The van der Waals surface area contributed by atoms with Crippen molar-refractivity contribution in [1.29, 1.82) is 0 Å². The molecule has 0 bridgehead atoms. The molecule has 7 heteroatoms. The van der Waals surface area contributed by atoms with E-state index >= 15 is 0 Å². The number of nitrogens with zero attached hydrogens (tertiary/aromatic N) is 1. The molecule has 0 radical (unpaired) electrons. The highest BCUT2D eigenvalue weighted by molar-refractivity contribution is 5.87. The summed E-state index contributed by atoms with van der Waals surface area (Å²) >= 11 is 0. The Balaban J connectivity index is 1.22. The third-order valence-corrected chi connectivity index (χ3v) is 4.67. The Labute approximate surface area is 163 Å². The molecule has 0 spiro atoms. The van der Waals surface area contributed by atoms with E-state index in [9.17, 15) is 4.79 Å². The molecule has 7 nitrogen and oxygen atoms in total. The van der Waals surface area contributed by atoms with E-state index in [0.717, 1.165) is 17.0 Å². The Morgan fingerprint density at radius 1 is 1.18 bits per heavy atom. The van der Waals surface area contributed by atoms with Gasteiger partial charge in [0.25, 0.3) is 5.91 Å². The Bertz CT molecular complexity index is 865. The number of oxime groups is 1. The summed E-state index contributed by atoms with van der Waals surface area (Å²) in [5.74, 6) is 1.84. The number of carbonyl (C=O) groups excluding carboxylic acids is 1. The predicted molar refractivity (Wildman–Crippen MR) is 103 cm³/mol. The number of nitrogens with one attached hydrogen (secondary N) is 1. The average Bonchev–Trinajstić information content (AvgIpc) is 3.19. The molecule has 0 saturated carbocycles. The second kappa shape index (κ2) is 8.21. The Morgan fingerprint density at radius 2 is 1.96 bits per heavy atom. The van der Waals surface area contributed by atoms with Crippen LogP contribution in [0.2, 0.25) is 0 Å². The van der Waals surface area contributed by atoms with Gasteiger partial charge < -0.3 is 24.4 Å². The summed E-state index contributed by atoms with van der Waals surface area (Å²) in [4.78, 5) is 17.8. The standard InChI is InChI=1S/C21H22N2O5/c1-25-16-8-6-14(7-9-16)10-15-11-17(28-23-15)12-22-21(24)20-13-26-18-4-2-3-5-19(18)27-20/h2-9,17,20H,10-13H2,1H3,(H,22,24). The fourth-order valence-electron chi connectivity index (χ4n) is 3.16. The summed E-state index contributed by atoms with van der Waals surface area (Å²) in [7, 11) is 1.64. The molecule has 2 heterocycles. The van der Waals surface area contributed by atoms with Crippen molar-refractivity contribution in [2.24, 2.45) is 5.16 Å². The third kappa shape index (κ3) is 4.19. The number of rotatable bonds is 6. The summed E-state index contributed by atoms with van der Waals surface area (Å²) in [5, 5.41) is 7.02. The van der Waals surface area contributed by atoms with Gasteiger partial charge in [0.1, 0.15) is 18.5 Å². The summed E-state index contributed by atoms with van der Waals surface area (Å²) in [5.41, 5.74) is 2.09. The fraction of sp³-hybridized carbons (Fsp3) is 0.333. The van der Waals surface area contributed by atoms with Crippen LogP contribution in [-0.2, 0) is 16.1 Å². The highest BCUT2D eigenvalue weighted by Crippen LogP contribution is 2.30. The van der Waals surface area contributed by atoms with Gasteiger partial charge in [0, 0.05) is 12.8 Å². The zero-order chi connectivity index (χ0) is 19.3. The predicted octanol–water partition coefficient (Wildman–Crippen LogP) is 2.34. The van der Waals surface area contributed by atoms with Crippen LogP contribution < -0.4 is 19.5 Å². The van der Waals surface area contributed by atoms with Crippen LogP contribution in [0.5, 0.6) is 17.2 Å². The van der Waals surface area contributed by atoms with Crippen molar-refractivity contribution in [3.8, 4) is 17.2 Å². The van der Waals surface area contributed by atoms with E-state index in [0.29, 0.717) is 30.9 Å². The van der Waals surface area contributed by atoms with Crippen molar-refractivity contribution in [1.82, 2.24) is 5.32 Å². The number of benzene rings is 2. The molecule has 2 aliphatic rings. The van der Waals surface area contributed by atoms with Crippen LogP contribution in [0.3, 0.4) is 0 Å². The van der Waals surface area contributed by atoms with Crippen LogP contribution in [0, 0.1) is 0 Å². The number of carbonyl (C=O) groups is 1. The van der Waals surface area contributed by atoms with E-state index in [-0.39, 0.29) is 18.6 Å². The molecule has 4 rings (SSSR count). The molecule has 28 heavy (non-hydrogen) atoms. The molecule has 2 atom stereocenters. The summed E-state index contributed by atoms with van der Waals surface area (Å²) in [6.07, 6.45) is 0.548. The lowest BCUT2D eigenvalue weighted by atomic mass is 10.0. The smallest absolute Gasteiger partial charge is 0.264 e. The quantitative estimate of drug-likeness (QED) is 0.830. The van der Waals surface area contributed by atoms with Crippen LogP contribution in [0.15, 0.2) is 53.7 Å². The number of para-hydroxylation sites is 2. The Morgan fingerprint density at radius 3 is 2.75 bits per heavy atom. The van der Waals surface area contributed by atoms with E-state index in [1.807, 2.05) is 42.5 Å². The summed E-state index contributed by atoms with van der Waals surface area (Å²) in [6.45, 7) is 0.559. The monoisotopic (exact) mass is 382 g/mol. The number of ether oxygens (including phenoxy) is 3. The lowest BCUT2D eigenvalue weighted by Gasteiger charge is -2.25. The molecular weight excluding hydrogens is 360 g/mol. The van der Waals surface area contributed by atoms with Crippen LogP contribution in [-0.4, -0.2) is 44.1 Å². The minimum absolute atomic E-state index is 0.172. The Hall–Kier alpha value is -3.22. The molecule has 146 valence electrons. The Kier molecular flexibility index (Phi) is 5.32. The van der Waals surface area contributed by atoms with Crippen molar-refractivity contribution in [2.75, 3.05) is 20.3 Å².